The Morgan fingerprint density at radius 3 is 2.48 bits per heavy atom. The maximum Gasteiger partial charge on any atom is 0.229 e. The Morgan fingerprint density at radius 1 is 1.13 bits per heavy atom. The first-order chi connectivity index (χ1) is 15.1. The van der Waals surface area contributed by atoms with Gasteiger partial charge in [-0.15, -0.1) is 0 Å². The predicted octanol–water partition coefficient (Wildman–Crippen LogP) is 4.06. The first-order valence-corrected chi connectivity index (χ1v) is 11.1. The van der Waals surface area contributed by atoms with Crippen molar-refractivity contribution in [3.05, 3.63) is 35.5 Å². The quantitative estimate of drug-likeness (QED) is 0.202. The molecule has 0 fully saturated rings. The summed E-state index contributed by atoms with van der Waals surface area (Å²) < 4.78 is 5.79. The van der Waals surface area contributed by atoms with E-state index in [1.807, 2.05) is 46.0 Å². The molecule has 0 saturated heterocycles. The normalized spacial score (nSPS) is 10.5. The van der Waals surface area contributed by atoms with E-state index in [9.17, 15) is 0 Å². The minimum absolute atomic E-state index is 0.531. The number of nitrogens with zero attached hydrogens (tertiary/aromatic N) is 4. The van der Waals surface area contributed by atoms with Crippen molar-refractivity contribution >= 4 is 23.5 Å². The molecule has 0 unspecified atom stereocenters. The van der Waals surface area contributed by atoms with Crippen LogP contribution in [0.1, 0.15) is 51.8 Å². The molecule has 0 radical (unpaired) electrons. The van der Waals surface area contributed by atoms with E-state index >= 15 is 0 Å². The van der Waals surface area contributed by atoms with Gasteiger partial charge >= 0.3 is 0 Å². The highest BCUT2D eigenvalue weighted by Crippen LogP contribution is 2.20. The molecule has 0 saturated carbocycles. The lowest BCUT2D eigenvalue weighted by atomic mass is 10.2. The molecule has 1 aromatic heterocycles. The van der Waals surface area contributed by atoms with Gasteiger partial charge in [-0.2, -0.15) is 10.1 Å². The molecule has 1 heterocycles. The van der Waals surface area contributed by atoms with Gasteiger partial charge in [0, 0.05) is 25.7 Å². The van der Waals surface area contributed by atoms with Crippen LogP contribution < -0.4 is 26.1 Å². The van der Waals surface area contributed by atoms with Gasteiger partial charge < -0.3 is 20.7 Å². The first-order valence-electron chi connectivity index (χ1n) is 11.1. The molecule has 0 atom stereocenters. The number of ether oxygens (including phenoxy) is 1. The number of benzene rings is 1. The number of nitrogen functional groups attached to an aromatic ring is 1. The monoisotopic (exact) mass is 429 g/mol. The van der Waals surface area contributed by atoms with Gasteiger partial charge in [0.25, 0.3) is 0 Å². The molecule has 0 aliphatic carbocycles. The van der Waals surface area contributed by atoms with Gasteiger partial charge in [0.2, 0.25) is 11.8 Å². The smallest absolute Gasteiger partial charge is 0.229 e. The van der Waals surface area contributed by atoms with Crippen molar-refractivity contribution in [3.8, 4) is 5.88 Å². The SMILES string of the molecule is CC.CCCN(CCC)c1nc(/C=N/Nc2cc(C)ccc2N)cc(OCCNC)n1. The molecular formula is C23H39N7O. The lowest BCUT2D eigenvalue weighted by Gasteiger charge is -2.22. The minimum Gasteiger partial charge on any atom is -0.476 e. The van der Waals surface area contributed by atoms with E-state index in [0.29, 0.717) is 29.8 Å². The topological polar surface area (TPSA) is 101 Å². The molecule has 0 amide bonds. The van der Waals surface area contributed by atoms with Crippen molar-refractivity contribution in [2.75, 3.05) is 49.3 Å². The Balaban J connectivity index is 0.00000233. The Kier molecular flexibility index (Phi) is 12.7. The number of anilines is 3. The summed E-state index contributed by atoms with van der Waals surface area (Å²) in [5, 5.41) is 7.38. The molecule has 2 rings (SSSR count). The van der Waals surface area contributed by atoms with Crippen LogP contribution >= 0.6 is 0 Å². The van der Waals surface area contributed by atoms with Crippen molar-refractivity contribution in [1.82, 2.24) is 15.3 Å². The van der Waals surface area contributed by atoms with E-state index in [1.165, 1.54) is 0 Å². The van der Waals surface area contributed by atoms with Gasteiger partial charge in [0.1, 0.15) is 6.61 Å². The van der Waals surface area contributed by atoms with Crippen molar-refractivity contribution < 1.29 is 4.74 Å². The fraction of sp³-hybridized carbons (Fsp3) is 0.522. The third-order valence-corrected chi connectivity index (χ3v) is 4.17. The van der Waals surface area contributed by atoms with Crippen LogP contribution in [0.15, 0.2) is 29.4 Å². The molecule has 1 aromatic carbocycles. The van der Waals surface area contributed by atoms with Crippen LogP contribution in [0.5, 0.6) is 5.88 Å². The van der Waals surface area contributed by atoms with Gasteiger partial charge in [-0.3, -0.25) is 5.43 Å². The summed E-state index contributed by atoms with van der Waals surface area (Å²) in [6, 6.07) is 7.57. The summed E-state index contributed by atoms with van der Waals surface area (Å²) in [4.78, 5) is 11.4. The Hall–Kier alpha value is -2.87. The molecule has 0 aliphatic heterocycles. The van der Waals surface area contributed by atoms with Crippen molar-refractivity contribution in [2.24, 2.45) is 5.10 Å². The number of likely N-dealkylation sites (N-methyl/N-ethyl adjacent to an activating group) is 1. The van der Waals surface area contributed by atoms with E-state index in [2.05, 4.69) is 44.6 Å². The summed E-state index contributed by atoms with van der Waals surface area (Å²) in [5.74, 6) is 1.20. The van der Waals surface area contributed by atoms with Gasteiger partial charge in [-0.05, 0) is 44.5 Å². The molecule has 4 N–H and O–H groups in total. The number of nitrogens with two attached hydrogens (primary N) is 1. The lowest BCUT2D eigenvalue weighted by molar-refractivity contribution is 0.306. The number of nitrogens with one attached hydrogen (secondary N) is 2. The zero-order chi connectivity index (χ0) is 23.1. The summed E-state index contributed by atoms with van der Waals surface area (Å²) in [6.45, 7) is 13.4. The van der Waals surface area contributed by atoms with E-state index in [-0.39, 0.29) is 0 Å². The Morgan fingerprint density at radius 2 is 1.84 bits per heavy atom. The number of hydrazone groups is 1. The fourth-order valence-corrected chi connectivity index (χ4v) is 2.76. The van der Waals surface area contributed by atoms with E-state index in [4.69, 9.17) is 10.5 Å². The zero-order valence-corrected chi connectivity index (χ0v) is 19.9. The predicted molar refractivity (Wildman–Crippen MR) is 132 cm³/mol. The zero-order valence-electron chi connectivity index (χ0n) is 19.9. The van der Waals surface area contributed by atoms with Gasteiger partial charge in [-0.1, -0.05) is 33.8 Å². The van der Waals surface area contributed by atoms with Crippen LogP contribution in [0.25, 0.3) is 0 Å². The average molecular weight is 430 g/mol. The number of hydrogen-bond donors (Lipinski definition) is 3. The summed E-state index contributed by atoms with van der Waals surface area (Å²) >= 11 is 0. The highest BCUT2D eigenvalue weighted by atomic mass is 16.5. The van der Waals surface area contributed by atoms with Crippen LogP contribution in [0, 0.1) is 6.92 Å². The van der Waals surface area contributed by atoms with Crippen LogP contribution in [0.4, 0.5) is 17.3 Å². The van der Waals surface area contributed by atoms with Crippen LogP contribution in [0.2, 0.25) is 0 Å². The fourth-order valence-electron chi connectivity index (χ4n) is 2.76. The number of rotatable bonds is 12. The van der Waals surface area contributed by atoms with E-state index in [0.717, 1.165) is 43.7 Å². The molecule has 0 bridgehead atoms. The Bertz CT molecular complexity index is 789. The second kappa shape index (κ2) is 15.0. The summed E-state index contributed by atoms with van der Waals surface area (Å²) in [5.41, 5.74) is 12.2. The average Bonchev–Trinajstić information content (AvgIpc) is 2.77. The summed E-state index contributed by atoms with van der Waals surface area (Å²) in [6.07, 6.45) is 3.70. The largest absolute Gasteiger partial charge is 0.476 e. The molecular weight excluding hydrogens is 390 g/mol. The maximum atomic E-state index is 6.00. The second-order valence-corrected chi connectivity index (χ2v) is 6.83. The molecule has 0 spiro atoms. The van der Waals surface area contributed by atoms with Crippen LogP contribution in [-0.4, -0.2) is 49.5 Å². The van der Waals surface area contributed by atoms with Gasteiger partial charge in [0.15, 0.2) is 0 Å². The van der Waals surface area contributed by atoms with Crippen molar-refractivity contribution in [3.63, 3.8) is 0 Å². The van der Waals surface area contributed by atoms with E-state index in [1.54, 1.807) is 12.3 Å². The minimum atomic E-state index is 0.531. The van der Waals surface area contributed by atoms with Crippen LogP contribution in [-0.2, 0) is 0 Å². The number of aryl methyl sites for hydroxylation is 1. The third-order valence-electron chi connectivity index (χ3n) is 4.17. The van der Waals surface area contributed by atoms with Gasteiger partial charge in [-0.25, -0.2) is 4.98 Å². The lowest BCUT2D eigenvalue weighted by Crippen LogP contribution is -2.27. The number of aromatic nitrogens is 2. The maximum absolute atomic E-state index is 6.00. The van der Waals surface area contributed by atoms with Crippen LogP contribution in [0.3, 0.4) is 0 Å². The summed E-state index contributed by atoms with van der Waals surface area (Å²) in [7, 11) is 1.89. The molecule has 0 aliphatic rings. The first kappa shape index (κ1) is 26.2. The van der Waals surface area contributed by atoms with Crippen molar-refractivity contribution in [1.29, 1.82) is 0 Å². The highest BCUT2D eigenvalue weighted by molar-refractivity contribution is 5.79. The molecule has 31 heavy (non-hydrogen) atoms. The highest BCUT2D eigenvalue weighted by Gasteiger charge is 2.12. The molecule has 8 heteroatoms. The molecule has 172 valence electrons. The van der Waals surface area contributed by atoms with E-state index < -0.39 is 0 Å². The second-order valence-electron chi connectivity index (χ2n) is 6.83. The third kappa shape index (κ3) is 9.21. The number of hydrogen-bond acceptors (Lipinski definition) is 8. The Labute approximate surface area is 187 Å². The van der Waals surface area contributed by atoms with Gasteiger partial charge in [0.05, 0.1) is 23.3 Å². The standard InChI is InChI=1S/C21H33N7O.C2H6/c1-5-10-28(11-6-2)21-25-17(14-20(26-21)29-12-9-23-4)15-24-27-19-13-16(3)7-8-18(19)22;1-2/h7-8,13-15,23,27H,5-6,9-12,22H2,1-4H3;1-2H3/b24-15+;. The molecule has 8 nitrogen and oxygen atoms in total. The van der Waals surface area contributed by atoms with Crippen molar-refractivity contribution in [2.45, 2.75) is 47.5 Å². The molecule has 2 aromatic rings.